The maximum absolute atomic E-state index is 15.1. The molecule has 11 heteroatoms. The third-order valence-corrected chi connectivity index (χ3v) is 6.46. The van der Waals surface area contributed by atoms with Gasteiger partial charge >= 0.3 is 0 Å². The minimum atomic E-state index is -1.27. The Balaban J connectivity index is 1.52. The molecule has 0 spiro atoms. The van der Waals surface area contributed by atoms with E-state index < -0.39 is 36.0 Å². The summed E-state index contributed by atoms with van der Waals surface area (Å²) >= 11 is 0. The molecule has 2 aromatic carbocycles. The zero-order valence-electron chi connectivity index (χ0n) is 20.7. The van der Waals surface area contributed by atoms with Gasteiger partial charge in [0, 0.05) is 6.04 Å². The lowest BCUT2D eigenvalue weighted by Gasteiger charge is -2.32. The molecule has 0 bridgehead atoms. The summed E-state index contributed by atoms with van der Waals surface area (Å²) in [6.07, 6.45) is 3.59. The smallest absolute Gasteiger partial charge is 0.251 e. The Morgan fingerprint density at radius 3 is 2.50 bits per heavy atom. The molecule has 1 unspecified atom stereocenters. The molecule has 2 heterocycles. The van der Waals surface area contributed by atoms with E-state index in [1.807, 2.05) is 0 Å². The van der Waals surface area contributed by atoms with E-state index in [1.165, 1.54) is 42.5 Å². The molecule has 0 saturated heterocycles. The second-order valence-electron chi connectivity index (χ2n) is 9.21. The van der Waals surface area contributed by atoms with Gasteiger partial charge in [0.2, 0.25) is 11.7 Å². The van der Waals surface area contributed by atoms with Gasteiger partial charge in [0.15, 0.2) is 5.76 Å². The van der Waals surface area contributed by atoms with E-state index in [-0.39, 0.29) is 17.6 Å². The number of carbonyl (C=O) groups excluding carboxylic acids is 2. The van der Waals surface area contributed by atoms with Crippen molar-refractivity contribution in [3.05, 3.63) is 83.6 Å². The van der Waals surface area contributed by atoms with Crippen molar-refractivity contribution >= 4 is 17.5 Å². The SMILES string of the molecule is Cc1ccc(-c2nnn(CC(=O)N(c3ccccc3F)C(C(=O)NC3CCCC3)c3ccc(F)cc3)n2)o1. The molecule has 1 fully saturated rings. The number of nitrogens with one attached hydrogen (secondary N) is 1. The molecule has 1 aliphatic rings. The summed E-state index contributed by atoms with van der Waals surface area (Å²) in [5.41, 5.74) is 0.229. The van der Waals surface area contributed by atoms with Crippen molar-refractivity contribution in [1.82, 2.24) is 25.5 Å². The van der Waals surface area contributed by atoms with Gasteiger partial charge in [-0.25, -0.2) is 8.78 Å². The van der Waals surface area contributed by atoms with Gasteiger partial charge in [0.25, 0.3) is 5.91 Å². The Kier molecular flexibility index (Phi) is 7.25. The monoisotopic (exact) mass is 520 g/mol. The van der Waals surface area contributed by atoms with Crippen LogP contribution in [0.2, 0.25) is 0 Å². The normalized spacial score (nSPS) is 14.4. The summed E-state index contributed by atoms with van der Waals surface area (Å²) in [7, 11) is 0. The molecule has 196 valence electrons. The molecule has 2 aromatic heterocycles. The first kappa shape index (κ1) is 25.2. The Morgan fingerprint density at radius 2 is 1.82 bits per heavy atom. The number of anilines is 1. The fraction of sp³-hybridized carbons (Fsp3) is 0.296. The molecule has 5 rings (SSSR count). The van der Waals surface area contributed by atoms with Gasteiger partial charge in [-0.1, -0.05) is 37.1 Å². The highest BCUT2D eigenvalue weighted by Crippen LogP contribution is 2.31. The molecule has 1 atom stereocenters. The van der Waals surface area contributed by atoms with E-state index >= 15 is 4.39 Å². The molecule has 0 aliphatic heterocycles. The summed E-state index contributed by atoms with van der Waals surface area (Å²) in [4.78, 5) is 29.6. The predicted octanol–water partition coefficient (Wildman–Crippen LogP) is 4.35. The number of benzene rings is 2. The van der Waals surface area contributed by atoms with Crippen LogP contribution in [0.4, 0.5) is 14.5 Å². The number of carbonyl (C=O) groups is 2. The van der Waals surface area contributed by atoms with E-state index in [0.717, 1.165) is 35.4 Å². The van der Waals surface area contributed by atoms with E-state index in [0.29, 0.717) is 17.1 Å². The number of nitrogens with zero attached hydrogens (tertiary/aromatic N) is 5. The number of aryl methyl sites for hydroxylation is 1. The Bertz CT molecular complexity index is 1430. The van der Waals surface area contributed by atoms with Gasteiger partial charge < -0.3 is 9.73 Å². The molecular formula is C27H26F2N6O3. The number of aromatic nitrogens is 4. The number of hydrogen-bond donors (Lipinski definition) is 1. The standard InChI is InChI=1S/C27H26F2N6O3/c1-17-10-15-23(38-17)26-31-33-34(32-26)16-24(36)35(22-9-5-4-8-21(22)29)25(18-11-13-19(28)14-12-18)27(37)30-20-6-2-3-7-20/h4-5,8-15,20,25H,2-3,6-7,16H2,1H3,(H,30,37). The quantitative estimate of drug-likeness (QED) is 0.370. The molecule has 0 radical (unpaired) electrons. The lowest BCUT2D eigenvalue weighted by molar-refractivity contribution is -0.127. The van der Waals surface area contributed by atoms with E-state index in [4.69, 9.17) is 4.42 Å². The highest BCUT2D eigenvalue weighted by Gasteiger charge is 2.36. The molecule has 1 N–H and O–H groups in total. The zero-order valence-corrected chi connectivity index (χ0v) is 20.7. The molecule has 1 aliphatic carbocycles. The fourth-order valence-electron chi connectivity index (χ4n) is 4.64. The van der Waals surface area contributed by atoms with Gasteiger partial charge in [-0.2, -0.15) is 4.80 Å². The molecule has 2 amide bonds. The Labute approximate surface area is 217 Å². The van der Waals surface area contributed by atoms with Crippen LogP contribution in [0.3, 0.4) is 0 Å². The second kappa shape index (κ2) is 10.9. The van der Waals surface area contributed by atoms with Gasteiger partial charge in [-0.15, -0.1) is 10.2 Å². The zero-order chi connectivity index (χ0) is 26.6. The second-order valence-corrected chi connectivity index (χ2v) is 9.21. The first-order chi connectivity index (χ1) is 18.4. The molecule has 9 nitrogen and oxygen atoms in total. The van der Waals surface area contributed by atoms with Gasteiger partial charge in [0.1, 0.15) is 30.0 Å². The van der Waals surface area contributed by atoms with Crippen LogP contribution in [-0.2, 0) is 16.1 Å². The molecule has 4 aromatic rings. The van der Waals surface area contributed by atoms with Crippen molar-refractivity contribution in [3.63, 3.8) is 0 Å². The highest BCUT2D eigenvalue weighted by atomic mass is 19.1. The van der Waals surface area contributed by atoms with Crippen LogP contribution < -0.4 is 10.2 Å². The third-order valence-electron chi connectivity index (χ3n) is 6.46. The lowest BCUT2D eigenvalue weighted by Crippen LogP contribution is -2.47. The summed E-state index contributed by atoms with van der Waals surface area (Å²) < 4.78 is 34.4. The molecule has 38 heavy (non-hydrogen) atoms. The number of rotatable bonds is 8. The van der Waals surface area contributed by atoms with Crippen molar-refractivity contribution in [3.8, 4) is 11.6 Å². The van der Waals surface area contributed by atoms with Crippen LogP contribution in [0, 0.1) is 18.6 Å². The van der Waals surface area contributed by atoms with Crippen molar-refractivity contribution in [2.75, 3.05) is 4.90 Å². The minimum Gasteiger partial charge on any atom is -0.458 e. The number of halogens is 2. The topological polar surface area (TPSA) is 106 Å². The highest BCUT2D eigenvalue weighted by molar-refractivity contribution is 6.01. The first-order valence-corrected chi connectivity index (χ1v) is 12.4. The number of tetrazole rings is 1. The number of furan rings is 1. The number of amides is 2. The average molecular weight is 521 g/mol. The molecule has 1 saturated carbocycles. The van der Waals surface area contributed by atoms with E-state index in [1.54, 1.807) is 25.1 Å². The largest absolute Gasteiger partial charge is 0.458 e. The van der Waals surface area contributed by atoms with Crippen LogP contribution in [0.1, 0.15) is 43.0 Å². The van der Waals surface area contributed by atoms with Crippen molar-refractivity contribution in [2.45, 2.75) is 51.2 Å². The predicted molar refractivity (Wildman–Crippen MR) is 134 cm³/mol. The van der Waals surface area contributed by atoms with Crippen LogP contribution in [0.15, 0.2) is 65.1 Å². The Hall–Kier alpha value is -4.41. The minimum absolute atomic E-state index is 0.0562. The van der Waals surface area contributed by atoms with Crippen LogP contribution in [0.25, 0.3) is 11.6 Å². The summed E-state index contributed by atoms with van der Waals surface area (Å²) in [5, 5.41) is 15.1. The maximum atomic E-state index is 15.1. The van der Waals surface area contributed by atoms with E-state index in [9.17, 15) is 14.0 Å². The summed E-state index contributed by atoms with van der Waals surface area (Å²) in [6, 6.07) is 13.0. The summed E-state index contributed by atoms with van der Waals surface area (Å²) in [5.74, 6) is -1.12. The Morgan fingerprint density at radius 1 is 1.08 bits per heavy atom. The van der Waals surface area contributed by atoms with Crippen LogP contribution >= 0.6 is 0 Å². The number of para-hydroxylation sites is 1. The fourth-order valence-corrected chi connectivity index (χ4v) is 4.64. The van der Waals surface area contributed by atoms with Gasteiger partial charge in [-0.3, -0.25) is 14.5 Å². The van der Waals surface area contributed by atoms with Crippen LogP contribution in [-0.4, -0.2) is 38.1 Å². The van der Waals surface area contributed by atoms with Gasteiger partial charge in [0.05, 0.1) is 5.69 Å². The van der Waals surface area contributed by atoms with E-state index in [2.05, 4.69) is 20.7 Å². The van der Waals surface area contributed by atoms with Gasteiger partial charge in [-0.05, 0) is 66.9 Å². The first-order valence-electron chi connectivity index (χ1n) is 12.4. The lowest BCUT2D eigenvalue weighted by atomic mass is 10.0. The average Bonchev–Trinajstić information content (AvgIpc) is 3.67. The van der Waals surface area contributed by atoms with Crippen molar-refractivity contribution < 1.29 is 22.8 Å². The number of hydrogen-bond acceptors (Lipinski definition) is 6. The van der Waals surface area contributed by atoms with Crippen molar-refractivity contribution in [1.29, 1.82) is 0 Å². The summed E-state index contributed by atoms with van der Waals surface area (Å²) in [6.45, 7) is 1.34. The maximum Gasteiger partial charge on any atom is 0.251 e. The third kappa shape index (κ3) is 5.46. The molecular weight excluding hydrogens is 494 g/mol. The van der Waals surface area contributed by atoms with Crippen LogP contribution in [0.5, 0.6) is 0 Å². The van der Waals surface area contributed by atoms with Crippen molar-refractivity contribution in [2.24, 2.45) is 0 Å².